The third kappa shape index (κ3) is 3.84. The van der Waals surface area contributed by atoms with Crippen molar-refractivity contribution in [1.29, 1.82) is 0 Å². The van der Waals surface area contributed by atoms with Gasteiger partial charge >= 0.3 is 5.97 Å². The van der Waals surface area contributed by atoms with Gasteiger partial charge in [-0.3, -0.25) is 4.79 Å². The third-order valence-electron chi connectivity index (χ3n) is 4.61. The normalized spacial score (nSPS) is 16.8. The van der Waals surface area contributed by atoms with Gasteiger partial charge in [0.15, 0.2) is 0 Å². The Hall–Kier alpha value is -2.15. The maximum atomic E-state index is 14.5. The largest absolute Gasteiger partial charge is 0.480 e. The van der Waals surface area contributed by atoms with Crippen LogP contribution in [0.2, 0.25) is 0 Å². The van der Waals surface area contributed by atoms with E-state index >= 15 is 0 Å². The molecule has 6 nitrogen and oxygen atoms in total. The second-order valence-electron chi connectivity index (χ2n) is 6.02. The molecule has 1 saturated heterocycles. The lowest BCUT2D eigenvalue weighted by Gasteiger charge is -2.35. The molecule has 1 aromatic rings. The van der Waals surface area contributed by atoms with Gasteiger partial charge in [-0.25, -0.2) is 9.18 Å². The molecular weight excluding hydrogens is 313 g/mol. The molecule has 0 radical (unpaired) electrons. The van der Waals surface area contributed by atoms with E-state index in [4.69, 9.17) is 5.11 Å². The highest BCUT2D eigenvalue weighted by atomic mass is 19.1. The van der Waals surface area contributed by atoms with Gasteiger partial charge in [-0.1, -0.05) is 6.92 Å². The van der Waals surface area contributed by atoms with E-state index < -0.39 is 23.7 Å². The molecule has 1 atom stereocenters. The third-order valence-corrected chi connectivity index (χ3v) is 4.61. The average Bonchev–Trinajstić information content (AvgIpc) is 2.59. The summed E-state index contributed by atoms with van der Waals surface area (Å²) in [4.78, 5) is 28.6. The number of amides is 1. The molecule has 0 spiro atoms. The van der Waals surface area contributed by atoms with E-state index in [1.54, 1.807) is 12.1 Å². The number of piperazine rings is 1. The predicted molar refractivity (Wildman–Crippen MR) is 89.9 cm³/mol. The van der Waals surface area contributed by atoms with Crippen molar-refractivity contribution in [2.24, 2.45) is 0 Å². The van der Waals surface area contributed by atoms with Crippen LogP contribution in [0.15, 0.2) is 18.2 Å². The highest BCUT2D eigenvalue weighted by molar-refractivity contribution is 5.96. The molecule has 1 unspecified atom stereocenters. The van der Waals surface area contributed by atoms with Gasteiger partial charge in [-0.15, -0.1) is 0 Å². The van der Waals surface area contributed by atoms with Gasteiger partial charge in [-0.2, -0.15) is 0 Å². The number of benzene rings is 1. The monoisotopic (exact) mass is 337 g/mol. The first-order valence-corrected chi connectivity index (χ1v) is 8.12. The minimum atomic E-state index is -1.10. The average molecular weight is 337 g/mol. The van der Waals surface area contributed by atoms with Crippen molar-refractivity contribution < 1.29 is 19.1 Å². The summed E-state index contributed by atoms with van der Waals surface area (Å²) < 4.78 is 14.5. The number of anilines is 1. The van der Waals surface area contributed by atoms with Crippen LogP contribution in [0.25, 0.3) is 0 Å². The SMILES string of the molecule is CCN1CCN(c2ccc(C(=O)N(C)C(C)C(=O)O)cc2F)CC1. The number of carbonyl (C=O) groups is 2. The summed E-state index contributed by atoms with van der Waals surface area (Å²) in [6.45, 7) is 7.76. The van der Waals surface area contributed by atoms with Crippen LogP contribution in [0, 0.1) is 5.82 Å². The Balaban J connectivity index is 2.12. The highest BCUT2D eigenvalue weighted by Gasteiger charge is 2.24. The van der Waals surface area contributed by atoms with E-state index in [1.807, 2.05) is 4.90 Å². The van der Waals surface area contributed by atoms with E-state index in [2.05, 4.69) is 11.8 Å². The molecule has 0 aliphatic carbocycles. The van der Waals surface area contributed by atoms with Crippen molar-refractivity contribution in [1.82, 2.24) is 9.80 Å². The summed E-state index contributed by atoms with van der Waals surface area (Å²) >= 11 is 0. The lowest BCUT2D eigenvalue weighted by Crippen LogP contribution is -2.46. The number of nitrogens with zero attached hydrogens (tertiary/aromatic N) is 3. The molecule has 7 heteroatoms. The van der Waals surface area contributed by atoms with E-state index in [0.29, 0.717) is 5.69 Å². The van der Waals surface area contributed by atoms with Crippen LogP contribution in [0.4, 0.5) is 10.1 Å². The molecule has 1 aliphatic heterocycles. The zero-order valence-electron chi connectivity index (χ0n) is 14.3. The topological polar surface area (TPSA) is 64.1 Å². The number of rotatable bonds is 5. The molecule has 0 saturated carbocycles. The number of carboxylic acids is 1. The smallest absolute Gasteiger partial charge is 0.326 e. The van der Waals surface area contributed by atoms with Gasteiger partial charge in [0.25, 0.3) is 5.91 Å². The van der Waals surface area contributed by atoms with Crippen LogP contribution >= 0.6 is 0 Å². The summed E-state index contributed by atoms with van der Waals surface area (Å²) in [5, 5.41) is 8.98. The lowest BCUT2D eigenvalue weighted by molar-refractivity contribution is -0.141. The van der Waals surface area contributed by atoms with Crippen molar-refractivity contribution >= 4 is 17.6 Å². The minimum absolute atomic E-state index is 0.152. The van der Waals surface area contributed by atoms with Crippen molar-refractivity contribution in [3.8, 4) is 0 Å². The van der Waals surface area contributed by atoms with E-state index in [-0.39, 0.29) is 5.56 Å². The maximum Gasteiger partial charge on any atom is 0.326 e. The number of hydrogen-bond acceptors (Lipinski definition) is 4. The summed E-state index contributed by atoms with van der Waals surface area (Å²) in [5.74, 6) is -2.06. The summed E-state index contributed by atoms with van der Waals surface area (Å²) in [7, 11) is 1.40. The molecule has 1 N–H and O–H groups in total. The van der Waals surface area contributed by atoms with Crippen molar-refractivity contribution in [2.75, 3.05) is 44.7 Å². The molecule has 2 rings (SSSR count). The van der Waals surface area contributed by atoms with Gasteiger partial charge in [0, 0.05) is 38.8 Å². The van der Waals surface area contributed by atoms with Crippen molar-refractivity contribution in [3.63, 3.8) is 0 Å². The first-order chi connectivity index (χ1) is 11.3. The number of halogens is 1. The molecule has 1 heterocycles. The van der Waals surface area contributed by atoms with Crippen LogP contribution in [0.3, 0.4) is 0 Å². The molecule has 0 aromatic heterocycles. The first kappa shape index (κ1) is 18.2. The molecule has 132 valence electrons. The number of carbonyl (C=O) groups excluding carboxylic acids is 1. The van der Waals surface area contributed by atoms with Crippen LogP contribution in [0.1, 0.15) is 24.2 Å². The molecule has 1 aromatic carbocycles. The standard InChI is InChI=1S/C17H24FN3O3/c1-4-20-7-9-21(10-8-20)15-6-5-13(11-14(15)18)16(22)19(3)12(2)17(23)24/h5-6,11-12H,4,7-10H2,1-3H3,(H,23,24). The quantitative estimate of drug-likeness (QED) is 0.882. The van der Waals surface area contributed by atoms with E-state index in [0.717, 1.165) is 37.6 Å². The zero-order chi connectivity index (χ0) is 17.9. The predicted octanol–water partition coefficient (Wildman–Crippen LogP) is 1.51. The molecule has 1 fully saturated rings. The fraction of sp³-hybridized carbons (Fsp3) is 0.529. The molecule has 1 aliphatic rings. The van der Waals surface area contributed by atoms with Gasteiger partial charge < -0.3 is 19.8 Å². The zero-order valence-corrected chi connectivity index (χ0v) is 14.3. The number of likely N-dealkylation sites (N-methyl/N-ethyl adjacent to an activating group) is 2. The van der Waals surface area contributed by atoms with Gasteiger partial charge in [0.1, 0.15) is 11.9 Å². The van der Waals surface area contributed by atoms with E-state index in [1.165, 1.54) is 20.0 Å². The summed E-state index contributed by atoms with van der Waals surface area (Å²) in [6, 6.07) is 3.37. The molecule has 1 amide bonds. The minimum Gasteiger partial charge on any atom is -0.480 e. The van der Waals surface area contributed by atoms with Gasteiger partial charge in [0.05, 0.1) is 5.69 Å². The van der Waals surface area contributed by atoms with E-state index in [9.17, 15) is 14.0 Å². The van der Waals surface area contributed by atoms with Crippen molar-refractivity contribution in [3.05, 3.63) is 29.6 Å². The van der Waals surface area contributed by atoms with Gasteiger partial charge in [-0.05, 0) is 31.7 Å². The van der Waals surface area contributed by atoms with Crippen LogP contribution in [0.5, 0.6) is 0 Å². The Kier molecular flexibility index (Phi) is 5.77. The number of aliphatic carboxylic acids is 1. The number of carboxylic acid groups (broad SMARTS) is 1. The van der Waals surface area contributed by atoms with Crippen LogP contribution < -0.4 is 4.90 Å². The Morgan fingerprint density at radius 2 is 1.92 bits per heavy atom. The summed E-state index contributed by atoms with van der Waals surface area (Å²) in [5.41, 5.74) is 0.635. The van der Waals surface area contributed by atoms with Crippen LogP contribution in [-0.4, -0.2) is 72.6 Å². The Bertz CT molecular complexity index is 615. The Morgan fingerprint density at radius 3 is 2.42 bits per heavy atom. The number of hydrogen-bond donors (Lipinski definition) is 1. The first-order valence-electron chi connectivity index (χ1n) is 8.12. The lowest BCUT2D eigenvalue weighted by atomic mass is 10.1. The molecular formula is C17H24FN3O3. The fourth-order valence-electron chi connectivity index (χ4n) is 2.75. The fourth-order valence-corrected chi connectivity index (χ4v) is 2.75. The maximum absolute atomic E-state index is 14.5. The summed E-state index contributed by atoms with van der Waals surface area (Å²) in [6.07, 6.45) is 0. The van der Waals surface area contributed by atoms with Gasteiger partial charge in [0.2, 0.25) is 0 Å². The second-order valence-corrected chi connectivity index (χ2v) is 6.02. The molecule has 0 bridgehead atoms. The highest BCUT2D eigenvalue weighted by Crippen LogP contribution is 2.23. The van der Waals surface area contributed by atoms with Crippen LogP contribution in [-0.2, 0) is 4.79 Å². The van der Waals surface area contributed by atoms with Crippen molar-refractivity contribution in [2.45, 2.75) is 19.9 Å². The second kappa shape index (κ2) is 7.61. The Labute approximate surface area is 141 Å². The molecule has 24 heavy (non-hydrogen) atoms. The Morgan fingerprint density at radius 1 is 1.29 bits per heavy atom.